The summed E-state index contributed by atoms with van der Waals surface area (Å²) in [6, 6.07) is 3.99. The summed E-state index contributed by atoms with van der Waals surface area (Å²) in [4.78, 5) is 12.0. The lowest BCUT2D eigenvalue weighted by molar-refractivity contribution is -0.121. The van der Waals surface area contributed by atoms with E-state index in [0.29, 0.717) is 30.1 Å². The summed E-state index contributed by atoms with van der Waals surface area (Å²) >= 11 is 0. The highest BCUT2D eigenvalue weighted by Gasteiger charge is 2.19. The minimum absolute atomic E-state index is 0.0607. The molecule has 1 aliphatic heterocycles. The Kier molecular flexibility index (Phi) is 5.89. The van der Waals surface area contributed by atoms with Gasteiger partial charge in [0.05, 0.1) is 21.3 Å². The molecule has 1 amide bonds. The summed E-state index contributed by atoms with van der Waals surface area (Å²) in [5.74, 6) is 1.86. The molecule has 1 unspecified atom stereocenters. The van der Waals surface area contributed by atoms with E-state index in [1.165, 1.54) is 0 Å². The second kappa shape index (κ2) is 7.89. The molecule has 1 heterocycles. The third-order valence-corrected chi connectivity index (χ3v) is 3.83. The van der Waals surface area contributed by atoms with E-state index in [2.05, 4.69) is 10.6 Å². The third-order valence-electron chi connectivity index (χ3n) is 3.83. The Morgan fingerprint density at radius 3 is 2.59 bits per heavy atom. The third kappa shape index (κ3) is 3.82. The molecule has 1 atom stereocenters. The lowest BCUT2D eigenvalue weighted by atomic mass is 10.1. The highest BCUT2D eigenvalue weighted by molar-refractivity contribution is 5.76. The zero-order valence-corrected chi connectivity index (χ0v) is 13.4. The number of hydrogen-bond acceptors (Lipinski definition) is 5. The van der Waals surface area contributed by atoms with E-state index in [0.717, 1.165) is 25.1 Å². The minimum atomic E-state index is 0.0607. The van der Waals surface area contributed by atoms with Crippen LogP contribution in [0.2, 0.25) is 0 Å². The van der Waals surface area contributed by atoms with E-state index in [4.69, 9.17) is 14.2 Å². The second-order valence-corrected chi connectivity index (χ2v) is 5.25. The van der Waals surface area contributed by atoms with Crippen molar-refractivity contribution in [2.24, 2.45) is 0 Å². The predicted molar refractivity (Wildman–Crippen MR) is 83.8 cm³/mol. The number of methoxy groups -OCH3 is 3. The van der Waals surface area contributed by atoms with Crippen LogP contribution >= 0.6 is 0 Å². The number of carbonyl (C=O) groups excluding carboxylic acids is 1. The first kappa shape index (κ1) is 16.4. The largest absolute Gasteiger partial charge is 0.493 e. The normalized spacial score (nSPS) is 17.1. The molecule has 0 radical (unpaired) electrons. The van der Waals surface area contributed by atoms with E-state index >= 15 is 0 Å². The number of carbonyl (C=O) groups is 1. The van der Waals surface area contributed by atoms with Crippen LogP contribution in [0.3, 0.4) is 0 Å². The number of hydrogen-bond donors (Lipinski definition) is 2. The zero-order chi connectivity index (χ0) is 15.9. The van der Waals surface area contributed by atoms with Crippen LogP contribution < -0.4 is 24.8 Å². The first-order valence-electron chi connectivity index (χ1n) is 7.47. The standard InChI is InChI=1S/C16H24N2O4/c1-20-13-6-4-11(15(21-2)16(13)22-3)5-7-14(19)18-12-8-9-17-10-12/h4,6,12,17H,5,7-10H2,1-3H3,(H,18,19). The molecule has 0 aromatic heterocycles. The van der Waals surface area contributed by atoms with Crippen molar-refractivity contribution in [3.8, 4) is 17.2 Å². The highest BCUT2D eigenvalue weighted by Crippen LogP contribution is 2.40. The Morgan fingerprint density at radius 1 is 1.23 bits per heavy atom. The lowest BCUT2D eigenvalue weighted by Gasteiger charge is -2.16. The molecule has 1 aliphatic rings. The molecular weight excluding hydrogens is 284 g/mol. The maximum absolute atomic E-state index is 12.0. The summed E-state index contributed by atoms with van der Waals surface area (Å²) in [7, 11) is 4.75. The Hall–Kier alpha value is -1.95. The molecule has 1 aromatic carbocycles. The van der Waals surface area contributed by atoms with Gasteiger partial charge in [-0.2, -0.15) is 0 Å². The molecule has 0 aliphatic carbocycles. The molecule has 1 aromatic rings. The second-order valence-electron chi connectivity index (χ2n) is 5.25. The number of ether oxygens (including phenoxy) is 3. The average molecular weight is 308 g/mol. The van der Waals surface area contributed by atoms with Gasteiger partial charge in [-0.25, -0.2) is 0 Å². The fraction of sp³-hybridized carbons (Fsp3) is 0.562. The number of aryl methyl sites for hydroxylation is 1. The van der Waals surface area contributed by atoms with E-state index < -0.39 is 0 Å². The molecule has 22 heavy (non-hydrogen) atoms. The zero-order valence-electron chi connectivity index (χ0n) is 13.4. The first-order chi connectivity index (χ1) is 10.7. The fourth-order valence-corrected chi connectivity index (χ4v) is 2.69. The SMILES string of the molecule is COc1ccc(CCC(=O)NC2CCNC2)c(OC)c1OC. The Morgan fingerprint density at radius 2 is 2.00 bits per heavy atom. The average Bonchev–Trinajstić information content (AvgIpc) is 3.04. The van der Waals surface area contributed by atoms with Crippen molar-refractivity contribution in [2.75, 3.05) is 34.4 Å². The van der Waals surface area contributed by atoms with Gasteiger partial charge in [0.15, 0.2) is 11.5 Å². The number of nitrogens with one attached hydrogen (secondary N) is 2. The summed E-state index contributed by atoms with van der Waals surface area (Å²) in [5.41, 5.74) is 0.930. The van der Waals surface area contributed by atoms with Crippen LogP contribution in [0.25, 0.3) is 0 Å². The van der Waals surface area contributed by atoms with Crippen molar-refractivity contribution in [2.45, 2.75) is 25.3 Å². The van der Waals surface area contributed by atoms with Gasteiger partial charge in [-0.15, -0.1) is 0 Å². The van der Waals surface area contributed by atoms with Crippen molar-refractivity contribution in [1.29, 1.82) is 0 Å². The molecule has 2 N–H and O–H groups in total. The summed E-state index contributed by atoms with van der Waals surface area (Å²) in [6.45, 7) is 1.82. The molecule has 6 nitrogen and oxygen atoms in total. The van der Waals surface area contributed by atoms with Crippen LogP contribution in [0.15, 0.2) is 12.1 Å². The van der Waals surface area contributed by atoms with E-state index in [1.54, 1.807) is 21.3 Å². The Balaban J connectivity index is 2.01. The quantitative estimate of drug-likeness (QED) is 0.790. The molecule has 6 heteroatoms. The van der Waals surface area contributed by atoms with Gasteiger partial charge < -0.3 is 24.8 Å². The number of rotatable bonds is 7. The predicted octanol–water partition coefficient (Wildman–Crippen LogP) is 1.12. The van der Waals surface area contributed by atoms with E-state index in [9.17, 15) is 4.79 Å². The number of benzene rings is 1. The van der Waals surface area contributed by atoms with Crippen molar-refractivity contribution in [3.05, 3.63) is 17.7 Å². The minimum Gasteiger partial charge on any atom is -0.493 e. The van der Waals surface area contributed by atoms with Crippen molar-refractivity contribution >= 4 is 5.91 Å². The monoisotopic (exact) mass is 308 g/mol. The van der Waals surface area contributed by atoms with Crippen LogP contribution in [0.1, 0.15) is 18.4 Å². The molecule has 0 spiro atoms. The summed E-state index contributed by atoms with van der Waals surface area (Å²) < 4.78 is 16.0. The maximum atomic E-state index is 12.0. The Labute approximate surface area is 131 Å². The van der Waals surface area contributed by atoms with Crippen molar-refractivity contribution in [1.82, 2.24) is 10.6 Å². The molecule has 0 saturated carbocycles. The van der Waals surface area contributed by atoms with Gasteiger partial charge in [0, 0.05) is 19.0 Å². The van der Waals surface area contributed by atoms with E-state index in [-0.39, 0.29) is 11.9 Å². The summed E-state index contributed by atoms with van der Waals surface area (Å²) in [5, 5.41) is 6.27. The van der Waals surface area contributed by atoms with Crippen LogP contribution in [0.4, 0.5) is 0 Å². The lowest BCUT2D eigenvalue weighted by Crippen LogP contribution is -2.36. The Bertz CT molecular complexity index is 513. The van der Waals surface area contributed by atoms with Gasteiger partial charge in [0.1, 0.15) is 0 Å². The smallest absolute Gasteiger partial charge is 0.220 e. The van der Waals surface area contributed by atoms with Gasteiger partial charge in [0.25, 0.3) is 0 Å². The maximum Gasteiger partial charge on any atom is 0.220 e. The molecule has 1 saturated heterocycles. The van der Waals surface area contributed by atoms with Crippen LogP contribution in [-0.2, 0) is 11.2 Å². The van der Waals surface area contributed by atoms with Gasteiger partial charge in [-0.05, 0) is 31.0 Å². The summed E-state index contributed by atoms with van der Waals surface area (Å²) in [6.07, 6.45) is 2.00. The van der Waals surface area contributed by atoms with Crippen molar-refractivity contribution < 1.29 is 19.0 Å². The molecule has 1 fully saturated rings. The van der Waals surface area contributed by atoms with Gasteiger partial charge in [-0.3, -0.25) is 4.79 Å². The van der Waals surface area contributed by atoms with Gasteiger partial charge in [-0.1, -0.05) is 6.07 Å². The molecule has 0 bridgehead atoms. The van der Waals surface area contributed by atoms with Crippen molar-refractivity contribution in [3.63, 3.8) is 0 Å². The molecular formula is C16H24N2O4. The van der Waals surface area contributed by atoms with Gasteiger partial charge >= 0.3 is 0 Å². The topological polar surface area (TPSA) is 68.8 Å². The first-order valence-corrected chi connectivity index (χ1v) is 7.47. The molecule has 2 rings (SSSR count). The highest BCUT2D eigenvalue weighted by atomic mass is 16.5. The van der Waals surface area contributed by atoms with E-state index in [1.807, 2.05) is 12.1 Å². The van der Waals surface area contributed by atoms with Crippen LogP contribution in [0, 0.1) is 0 Å². The number of amides is 1. The van der Waals surface area contributed by atoms with Crippen LogP contribution in [0.5, 0.6) is 17.2 Å². The van der Waals surface area contributed by atoms with Crippen LogP contribution in [-0.4, -0.2) is 46.4 Å². The molecule has 122 valence electrons. The van der Waals surface area contributed by atoms with Gasteiger partial charge in [0.2, 0.25) is 11.7 Å². The fourth-order valence-electron chi connectivity index (χ4n) is 2.69.